The largest absolute Gasteiger partial charge is 0.573 e. The van der Waals surface area contributed by atoms with Crippen molar-refractivity contribution >= 4 is 5.97 Å². The average molecular weight is 351 g/mol. The Balaban J connectivity index is 2.43. The van der Waals surface area contributed by atoms with Crippen LogP contribution in [0.3, 0.4) is 0 Å². The summed E-state index contributed by atoms with van der Waals surface area (Å²) in [7, 11) is 0. The average Bonchev–Trinajstić information content (AvgIpc) is 2.45. The number of aromatic carboxylic acids is 1. The third-order valence-corrected chi connectivity index (χ3v) is 2.81. The number of aromatic nitrogens is 1. The number of benzene rings is 1. The molecule has 0 saturated heterocycles. The van der Waals surface area contributed by atoms with E-state index in [9.17, 15) is 31.1 Å². The molecule has 0 spiro atoms. The number of carbonyl (C=O) groups is 1. The Labute approximate surface area is 130 Å². The van der Waals surface area contributed by atoms with Crippen molar-refractivity contribution in [3.05, 3.63) is 47.7 Å². The topological polar surface area (TPSA) is 59.4 Å². The Morgan fingerprint density at radius 1 is 1.04 bits per heavy atom. The van der Waals surface area contributed by atoms with Gasteiger partial charge in [-0.2, -0.15) is 13.2 Å². The maximum Gasteiger partial charge on any atom is 0.573 e. The van der Waals surface area contributed by atoms with Crippen LogP contribution in [0.2, 0.25) is 0 Å². The molecule has 24 heavy (non-hydrogen) atoms. The number of nitrogens with zero attached hydrogens (tertiary/aromatic N) is 1. The Morgan fingerprint density at radius 2 is 1.62 bits per heavy atom. The maximum atomic E-state index is 12.6. The lowest BCUT2D eigenvalue weighted by Crippen LogP contribution is -2.17. The monoisotopic (exact) mass is 351 g/mol. The van der Waals surface area contributed by atoms with E-state index in [2.05, 4.69) is 9.72 Å². The minimum absolute atomic E-state index is 0.0237. The zero-order valence-corrected chi connectivity index (χ0v) is 11.4. The predicted octanol–water partition coefficient (Wildman–Crippen LogP) is 4.36. The molecular weight excluding hydrogens is 344 g/mol. The van der Waals surface area contributed by atoms with Gasteiger partial charge in [-0.05, 0) is 30.3 Å². The van der Waals surface area contributed by atoms with Crippen LogP contribution in [0.15, 0.2) is 36.5 Å². The first-order valence-electron chi connectivity index (χ1n) is 6.14. The van der Waals surface area contributed by atoms with Gasteiger partial charge in [0.1, 0.15) is 5.75 Å². The molecule has 0 unspecified atom stereocenters. The second-order valence-corrected chi connectivity index (χ2v) is 4.50. The van der Waals surface area contributed by atoms with Crippen LogP contribution < -0.4 is 4.74 Å². The van der Waals surface area contributed by atoms with Gasteiger partial charge in [-0.1, -0.05) is 0 Å². The van der Waals surface area contributed by atoms with Crippen molar-refractivity contribution in [3.63, 3.8) is 0 Å². The highest BCUT2D eigenvalue weighted by Gasteiger charge is 2.33. The van der Waals surface area contributed by atoms with E-state index in [1.807, 2.05) is 0 Å². The smallest absolute Gasteiger partial charge is 0.478 e. The van der Waals surface area contributed by atoms with E-state index in [4.69, 9.17) is 5.11 Å². The molecular formula is C14H7F6NO3. The van der Waals surface area contributed by atoms with E-state index in [1.54, 1.807) is 0 Å². The number of rotatable bonds is 3. The lowest BCUT2D eigenvalue weighted by atomic mass is 10.0. The molecule has 0 fully saturated rings. The first kappa shape index (κ1) is 17.6. The summed E-state index contributed by atoms with van der Waals surface area (Å²) in [4.78, 5) is 14.6. The molecule has 0 bridgehead atoms. The third-order valence-electron chi connectivity index (χ3n) is 2.81. The molecule has 2 aromatic rings. The van der Waals surface area contributed by atoms with Gasteiger partial charge in [0.15, 0.2) is 0 Å². The van der Waals surface area contributed by atoms with E-state index in [-0.39, 0.29) is 11.3 Å². The molecule has 1 aromatic carbocycles. The fourth-order valence-electron chi connectivity index (χ4n) is 1.83. The third kappa shape index (κ3) is 4.15. The van der Waals surface area contributed by atoms with E-state index in [0.29, 0.717) is 12.3 Å². The van der Waals surface area contributed by atoms with Crippen LogP contribution in [0, 0.1) is 0 Å². The van der Waals surface area contributed by atoms with Crippen LogP contribution in [0.5, 0.6) is 5.75 Å². The fourth-order valence-corrected chi connectivity index (χ4v) is 1.83. The zero-order valence-electron chi connectivity index (χ0n) is 11.4. The van der Waals surface area contributed by atoms with Crippen LogP contribution in [-0.4, -0.2) is 22.4 Å². The highest BCUT2D eigenvalue weighted by molar-refractivity contribution is 5.95. The minimum atomic E-state index is -4.90. The molecule has 0 atom stereocenters. The maximum absolute atomic E-state index is 12.6. The van der Waals surface area contributed by atoms with E-state index in [1.165, 1.54) is 0 Å². The number of pyridine rings is 1. The van der Waals surface area contributed by atoms with Gasteiger partial charge in [-0.25, -0.2) is 4.79 Å². The van der Waals surface area contributed by atoms with Crippen molar-refractivity contribution in [2.75, 3.05) is 0 Å². The number of carboxylic acid groups (broad SMARTS) is 1. The van der Waals surface area contributed by atoms with Gasteiger partial charge < -0.3 is 9.84 Å². The standard InChI is InChI=1S/C14H7F6NO3/c15-13(16,17)8-5-10(12(22)23)11(21-6-8)7-1-3-9(4-2-7)24-14(18,19)20/h1-6H,(H,22,23). The van der Waals surface area contributed by atoms with Gasteiger partial charge in [0.05, 0.1) is 16.8 Å². The summed E-state index contributed by atoms with van der Waals surface area (Å²) in [5.41, 5.74) is -2.26. The number of alkyl halides is 6. The Morgan fingerprint density at radius 3 is 2.08 bits per heavy atom. The summed E-state index contributed by atoms with van der Waals surface area (Å²) >= 11 is 0. The summed E-state index contributed by atoms with van der Waals surface area (Å²) < 4.78 is 77.7. The first-order chi connectivity index (χ1) is 11.0. The lowest BCUT2D eigenvalue weighted by Gasteiger charge is -2.12. The van der Waals surface area contributed by atoms with Gasteiger partial charge in [-0.15, -0.1) is 13.2 Å². The van der Waals surface area contributed by atoms with Crippen molar-refractivity contribution in [3.8, 4) is 17.0 Å². The van der Waals surface area contributed by atoms with Gasteiger partial charge in [0.25, 0.3) is 0 Å². The van der Waals surface area contributed by atoms with E-state index >= 15 is 0 Å². The molecule has 2 rings (SSSR count). The molecule has 0 amide bonds. The van der Waals surface area contributed by atoms with Gasteiger partial charge in [0.2, 0.25) is 0 Å². The summed E-state index contributed by atoms with van der Waals surface area (Å²) in [6, 6.07) is 4.32. The molecule has 1 N–H and O–H groups in total. The van der Waals surface area contributed by atoms with Crippen molar-refractivity contribution in [1.29, 1.82) is 0 Å². The SMILES string of the molecule is O=C(O)c1cc(C(F)(F)F)cnc1-c1ccc(OC(F)(F)F)cc1. The number of hydrogen-bond donors (Lipinski definition) is 1. The predicted molar refractivity (Wildman–Crippen MR) is 68.3 cm³/mol. The van der Waals surface area contributed by atoms with Gasteiger partial charge in [-0.3, -0.25) is 4.98 Å². The summed E-state index contributed by atoms with van der Waals surface area (Å²) in [6.45, 7) is 0. The number of ether oxygens (including phenoxy) is 1. The van der Waals surface area contributed by atoms with Gasteiger partial charge in [0, 0.05) is 11.8 Å². The Kier molecular flexibility index (Phi) is 4.41. The molecule has 1 aromatic heterocycles. The van der Waals surface area contributed by atoms with Crippen molar-refractivity contribution in [2.45, 2.75) is 12.5 Å². The van der Waals surface area contributed by atoms with Crippen LogP contribution >= 0.6 is 0 Å². The molecule has 0 saturated carbocycles. The molecule has 1 heterocycles. The number of carboxylic acids is 1. The van der Waals surface area contributed by atoms with Crippen LogP contribution in [0.4, 0.5) is 26.3 Å². The first-order valence-corrected chi connectivity index (χ1v) is 6.14. The molecule has 0 aliphatic rings. The summed E-state index contributed by atoms with van der Waals surface area (Å²) in [5, 5.41) is 9.04. The minimum Gasteiger partial charge on any atom is -0.478 e. The number of halogens is 6. The molecule has 0 radical (unpaired) electrons. The van der Waals surface area contributed by atoms with Crippen molar-refractivity contribution in [2.24, 2.45) is 0 Å². The van der Waals surface area contributed by atoms with Gasteiger partial charge >= 0.3 is 18.5 Å². The van der Waals surface area contributed by atoms with Crippen molar-refractivity contribution in [1.82, 2.24) is 4.98 Å². The second-order valence-electron chi connectivity index (χ2n) is 4.50. The molecule has 0 aliphatic heterocycles. The number of hydrogen-bond acceptors (Lipinski definition) is 3. The molecule has 4 nitrogen and oxygen atoms in total. The highest BCUT2D eigenvalue weighted by Crippen LogP contribution is 2.33. The quantitative estimate of drug-likeness (QED) is 0.835. The zero-order chi connectivity index (χ0) is 18.1. The summed E-state index contributed by atoms with van der Waals surface area (Å²) in [5.74, 6) is -2.21. The normalized spacial score (nSPS) is 12.1. The molecule has 10 heteroatoms. The van der Waals surface area contributed by atoms with E-state index in [0.717, 1.165) is 24.3 Å². The lowest BCUT2D eigenvalue weighted by molar-refractivity contribution is -0.274. The molecule has 0 aliphatic carbocycles. The van der Waals surface area contributed by atoms with Crippen LogP contribution in [0.25, 0.3) is 11.3 Å². The molecule has 128 valence electrons. The fraction of sp³-hybridized carbons (Fsp3) is 0.143. The van der Waals surface area contributed by atoms with Crippen LogP contribution in [-0.2, 0) is 6.18 Å². The Bertz CT molecular complexity index is 753. The summed E-state index contributed by atoms with van der Waals surface area (Å²) in [6.07, 6.45) is -9.23. The van der Waals surface area contributed by atoms with E-state index < -0.39 is 35.4 Å². The van der Waals surface area contributed by atoms with Crippen molar-refractivity contribution < 1.29 is 41.0 Å². The highest BCUT2D eigenvalue weighted by atomic mass is 19.4. The Hall–Kier alpha value is -2.78. The second kappa shape index (κ2) is 6.02. The van der Waals surface area contributed by atoms with Crippen LogP contribution in [0.1, 0.15) is 15.9 Å².